The number of hydrogen-bond donors (Lipinski definition) is 2. The van der Waals surface area contributed by atoms with Gasteiger partial charge in [-0.25, -0.2) is 0 Å². The van der Waals surface area contributed by atoms with Gasteiger partial charge in [0, 0.05) is 29.4 Å². The summed E-state index contributed by atoms with van der Waals surface area (Å²) in [5.41, 5.74) is 7.48. The minimum atomic E-state index is 0.0979. The molecule has 0 atom stereocenters. The van der Waals surface area contributed by atoms with E-state index in [1.165, 1.54) is 0 Å². The molecule has 0 aliphatic rings. The predicted octanol–water partition coefficient (Wildman–Crippen LogP) is 4.52. The average Bonchev–Trinajstić information content (AvgIpc) is 2.37. The van der Waals surface area contributed by atoms with Gasteiger partial charge in [-0.15, -0.1) is 0 Å². The molecule has 0 fully saturated rings. The number of nitrogen functional groups attached to an aromatic ring is 1. The van der Waals surface area contributed by atoms with E-state index in [0.717, 1.165) is 37.2 Å². The van der Waals surface area contributed by atoms with Gasteiger partial charge in [-0.1, -0.05) is 39.3 Å². The molecule has 0 aliphatic carbocycles. The van der Waals surface area contributed by atoms with Crippen molar-refractivity contribution >= 4 is 23.1 Å². The van der Waals surface area contributed by atoms with E-state index in [1.807, 2.05) is 12.1 Å². The van der Waals surface area contributed by atoms with Gasteiger partial charge >= 0.3 is 0 Å². The second-order valence-electron chi connectivity index (χ2n) is 6.43. The van der Waals surface area contributed by atoms with E-state index in [-0.39, 0.29) is 5.84 Å². The largest absolute Gasteiger partial charge is 0.384 e. The van der Waals surface area contributed by atoms with Crippen LogP contribution in [0.15, 0.2) is 18.2 Å². The summed E-state index contributed by atoms with van der Waals surface area (Å²) in [6.45, 7) is 10.8. The lowest BCUT2D eigenvalue weighted by atomic mass is 10.1. The summed E-state index contributed by atoms with van der Waals surface area (Å²) in [7, 11) is 0. The monoisotopic (exact) mass is 309 g/mol. The molecule has 4 heteroatoms. The Morgan fingerprint density at radius 3 is 2.10 bits per heavy atom. The zero-order valence-corrected chi connectivity index (χ0v) is 14.4. The van der Waals surface area contributed by atoms with Crippen molar-refractivity contribution in [1.82, 2.24) is 0 Å². The fraction of sp³-hybridized carbons (Fsp3) is 0.588. The Hall–Kier alpha value is -1.22. The maximum Gasteiger partial charge on any atom is 0.124 e. The third kappa shape index (κ3) is 5.96. The fourth-order valence-corrected chi connectivity index (χ4v) is 2.34. The van der Waals surface area contributed by atoms with Gasteiger partial charge < -0.3 is 10.6 Å². The highest BCUT2D eigenvalue weighted by Gasteiger charge is 2.15. The lowest BCUT2D eigenvalue weighted by Gasteiger charge is -2.28. The molecule has 1 aromatic rings. The van der Waals surface area contributed by atoms with Crippen LogP contribution in [0, 0.1) is 17.2 Å². The quantitative estimate of drug-likeness (QED) is 0.548. The Morgan fingerprint density at radius 1 is 1.14 bits per heavy atom. The molecule has 0 aliphatic heterocycles. The van der Waals surface area contributed by atoms with Crippen LogP contribution in [-0.4, -0.2) is 18.9 Å². The van der Waals surface area contributed by atoms with Gasteiger partial charge in [0.15, 0.2) is 0 Å². The number of nitrogens with two attached hydrogens (primary N) is 1. The summed E-state index contributed by atoms with van der Waals surface area (Å²) in [4.78, 5) is 2.32. The molecular formula is C17H28ClN3. The molecule has 0 saturated carbocycles. The van der Waals surface area contributed by atoms with E-state index in [9.17, 15) is 0 Å². The molecule has 0 bridgehead atoms. The average molecular weight is 310 g/mol. The van der Waals surface area contributed by atoms with Crippen molar-refractivity contribution in [2.75, 3.05) is 18.0 Å². The number of rotatable bonds is 8. The van der Waals surface area contributed by atoms with Crippen molar-refractivity contribution < 1.29 is 0 Å². The molecule has 0 saturated heterocycles. The number of nitrogens with zero attached hydrogens (tertiary/aromatic N) is 1. The first kappa shape index (κ1) is 17.8. The van der Waals surface area contributed by atoms with Crippen LogP contribution in [0.1, 0.15) is 46.1 Å². The minimum Gasteiger partial charge on any atom is -0.384 e. The lowest BCUT2D eigenvalue weighted by molar-refractivity contribution is 0.535. The molecular weight excluding hydrogens is 282 g/mol. The van der Waals surface area contributed by atoms with Crippen molar-refractivity contribution in [1.29, 1.82) is 5.41 Å². The normalized spacial score (nSPS) is 11.2. The second kappa shape index (κ2) is 8.28. The zero-order chi connectivity index (χ0) is 16.0. The third-order valence-corrected chi connectivity index (χ3v) is 3.78. The number of hydrogen-bond acceptors (Lipinski definition) is 2. The summed E-state index contributed by atoms with van der Waals surface area (Å²) in [6, 6.07) is 5.57. The molecule has 0 radical (unpaired) electrons. The highest BCUT2D eigenvalue weighted by Crippen LogP contribution is 2.26. The minimum absolute atomic E-state index is 0.0979. The van der Waals surface area contributed by atoms with E-state index in [2.05, 4.69) is 32.6 Å². The maximum atomic E-state index is 7.78. The van der Waals surface area contributed by atoms with Gasteiger partial charge in [0.25, 0.3) is 0 Å². The molecule has 0 unspecified atom stereocenters. The van der Waals surface area contributed by atoms with Crippen molar-refractivity contribution in [3.05, 3.63) is 28.8 Å². The molecule has 0 aromatic heterocycles. The predicted molar refractivity (Wildman–Crippen MR) is 93.6 cm³/mol. The van der Waals surface area contributed by atoms with Crippen LogP contribution < -0.4 is 10.6 Å². The number of benzene rings is 1. The Kier molecular flexibility index (Phi) is 7.03. The highest BCUT2D eigenvalue weighted by molar-refractivity contribution is 6.31. The summed E-state index contributed by atoms with van der Waals surface area (Å²) in [5.74, 6) is 1.39. The molecule has 0 amide bonds. The summed E-state index contributed by atoms with van der Waals surface area (Å²) < 4.78 is 0. The van der Waals surface area contributed by atoms with Crippen LogP contribution in [0.3, 0.4) is 0 Å². The Morgan fingerprint density at radius 2 is 1.67 bits per heavy atom. The first-order valence-corrected chi connectivity index (χ1v) is 8.08. The van der Waals surface area contributed by atoms with E-state index in [1.54, 1.807) is 6.07 Å². The second-order valence-corrected chi connectivity index (χ2v) is 6.86. The fourth-order valence-electron chi connectivity index (χ4n) is 2.17. The smallest absolute Gasteiger partial charge is 0.124 e. The van der Waals surface area contributed by atoms with Gasteiger partial charge in [-0.3, -0.25) is 5.41 Å². The summed E-state index contributed by atoms with van der Waals surface area (Å²) in [5, 5.41) is 8.47. The standard InChI is InChI=1S/C17H28ClN3/c1-12(2)7-9-21(10-8-13(3)4)16-11-14(18)5-6-15(16)17(19)20/h5-6,11-13H,7-10H2,1-4H3,(H3,19,20). The molecule has 1 aromatic carbocycles. The Labute approximate surface area is 134 Å². The topological polar surface area (TPSA) is 53.1 Å². The van der Waals surface area contributed by atoms with Crippen molar-refractivity contribution in [2.45, 2.75) is 40.5 Å². The number of nitrogens with one attached hydrogen (secondary N) is 1. The Bertz CT molecular complexity index is 457. The molecule has 1 rings (SSSR count). The van der Waals surface area contributed by atoms with Gasteiger partial charge in [0.2, 0.25) is 0 Å². The van der Waals surface area contributed by atoms with Crippen LogP contribution in [0.2, 0.25) is 5.02 Å². The highest BCUT2D eigenvalue weighted by atomic mass is 35.5. The Balaban J connectivity index is 3.04. The maximum absolute atomic E-state index is 7.78. The van der Waals surface area contributed by atoms with E-state index in [4.69, 9.17) is 22.7 Å². The number of anilines is 1. The van der Waals surface area contributed by atoms with Crippen LogP contribution in [0.4, 0.5) is 5.69 Å². The van der Waals surface area contributed by atoms with Crippen LogP contribution in [0.5, 0.6) is 0 Å². The van der Waals surface area contributed by atoms with Crippen LogP contribution >= 0.6 is 11.6 Å². The van der Waals surface area contributed by atoms with Crippen molar-refractivity contribution in [2.24, 2.45) is 17.6 Å². The van der Waals surface area contributed by atoms with E-state index < -0.39 is 0 Å². The van der Waals surface area contributed by atoms with Crippen LogP contribution in [0.25, 0.3) is 0 Å². The summed E-state index contributed by atoms with van der Waals surface area (Å²) in [6.07, 6.45) is 2.23. The first-order valence-electron chi connectivity index (χ1n) is 7.70. The summed E-state index contributed by atoms with van der Waals surface area (Å²) >= 11 is 6.15. The lowest BCUT2D eigenvalue weighted by Crippen LogP contribution is -2.30. The van der Waals surface area contributed by atoms with Gasteiger partial charge in [0.1, 0.15) is 5.84 Å². The third-order valence-electron chi connectivity index (χ3n) is 3.54. The van der Waals surface area contributed by atoms with Gasteiger partial charge in [-0.2, -0.15) is 0 Å². The molecule has 0 heterocycles. The first-order chi connectivity index (χ1) is 9.81. The SMILES string of the molecule is CC(C)CCN(CCC(C)C)c1cc(Cl)ccc1C(=N)N. The van der Waals surface area contributed by atoms with E-state index >= 15 is 0 Å². The van der Waals surface area contributed by atoms with Crippen molar-refractivity contribution in [3.63, 3.8) is 0 Å². The molecule has 21 heavy (non-hydrogen) atoms. The van der Waals surface area contributed by atoms with E-state index in [0.29, 0.717) is 16.9 Å². The number of halogens is 1. The van der Waals surface area contributed by atoms with Crippen LogP contribution in [-0.2, 0) is 0 Å². The number of amidine groups is 1. The zero-order valence-electron chi connectivity index (χ0n) is 13.6. The molecule has 0 spiro atoms. The van der Waals surface area contributed by atoms with Gasteiger partial charge in [-0.05, 0) is 42.9 Å². The van der Waals surface area contributed by atoms with Gasteiger partial charge in [0.05, 0.1) is 0 Å². The molecule has 3 nitrogen and oxygen atoms in total. The molecule has 3 N–H and O–H groups in total. The molecule has 118 valence electrons. The van der Waals surface area contributed by atoms with Crippen molar-refractivity contribution in [3.8, 4) is 0 Å².